The van der Waals surface area contributed by atoms with Crippen LogP contribution in [0.5, 0.6) is 0 Å². The molecule has 1 saturated heterocycles. The Morgan fingerprint density at radius 1 is 0.969 bits per heavy atom. The van der Waals surface area contributed by atoms with Crippen LogP contribution in [0.1, 0.15) is 24.0 Å². The number of esters is 1. The molecule has 0 atom stereocenters. The van der Waals surface area contributed by atoms with Gasteiger partial charge in [0.2, 0.25) is 5.90 Å². The summed E-state index contributed by atoms with van der Waals surface area (Å²) in [6.45, 7) is 2.62. The number of hydrogen-bond donors (Lipinski definition) is 0. The highest BCUT2D eigenvalue weighted by Gasteiger charge is 2.27. The fraction of sp³-hybridized carbons (Fsp3) is 0.222. The highest BCUT2D eigenvalue weighted by molar-refractivity contribution is 6.16. The number of carbonyl (C=O) groups is 1. The van der Waals surface area contributed by atoms with Crippen LogP contribution < -0.4 is 0 Å². The second-order valence-corrected chi connectivity index (χ2v) is 8.23. The molecule has 0 bridgehead atoms. The van der Waals surface area contributed by atoms with Gasteiger partial charge in [0.25, 0.3) is 0 Å². The Balaban J connectivity index is 1.22. The molecule has 2 heterocycles. The van der Waals surface area contributed by atoms with Gasteiger partial charge in [-0.25, -0.2) is 9.79 Å². The van der Waals surface area contributed by atoms with Crippen LogP contribution in [-0.4, -0.2) is 42.6 Å². The summed E-state index contributed by atoms with van der Waals surface area (Å²) in [5.41, 5.74) is 2.34. The van der Waals surface area contributed by atoms with Crippen molar-refractivity contribution in [3.05, 3.63) is 95.8 Å². The third-order valence-electron chi connectivity index (χ3n) is 6.00. The smallest absolute Gasteiger partial charge is 0.365 e. The average molecular weight is 424 g/mol. The van der Waals surface area contributed by atoms with E-state index in [0.29, 0.717) is 17.5 Å². The number of aliphatic imine (C=N–C) groups is 2. The maximum absolute atomic E-state index is 12.5. The molecule has 3 aromatic rings. The summed E-state index contributed by atoms with van der Waals surface area (Å²) < 4.78 is 5.52. The Morgan fingerprint density at radius 3 is 2.56 bits per heavy atom. The summed E-state index contributed by atoms with van der Waals surface area (Å²) in [5, 5.41) is 2.12. The van der Waals surface area contributed by atoms with Crippen LogP contribution in [0.4, 0.5) is 0 Å². The third-order valence-corrected chi connectivity index (χ3v) is 6.00. The molecule has 0 radical (unpaired) electrons. The maximum atomic E-state index is 12.5. The van der Waals surface area contributed by atoms with Crippen LogP contribution >= 0.6 is 0 Å². The van der Waals surface area contributed by atoms with E-state index >= 15 is 0 Å². The van der Waals surface area contributed by atoms with Crippen molar-refractivity contribution in [3.8, 4) is 0 Å². The van der Waals surface area contributed by atoms with Gasteiger partial charge in [-0.05, 0) is 41.2 Å². The van der Waals surface area contributed by atoms with Gasteiger partial charge < -0.3 is 9.64 Å². The molecule has 160 valence electrons. The minimum atomic E-state index is -0.387. The van der Waals surface area contributed by atoms with Crippen molar-refractivity contribution < 1.29 is 9.53 Å². The molecular weight excluding hydrogens is 398 g/mol. The fourth-order valence-corrected chi connectivity index (χ4v) is 4.21. The summed E-state index contributed by atoms with van der Waals surface area (Å²) in [6, 6.07) is 24.2. The summed E-state index contributed by atoms with van der Waals surface area (Å²) >= 11 is 0. The summed E-state index contributed by atoms with van der Waals surface area (Å²) in [6.07, 6.45) is 5.89. The fourth-order valence-electron chi connectivity index (χ4n) is 4.21. The number of nitrogens with zero attached hydrogens (tertiary/aromatic N) is 3. The molecule has 5 heteroatoms. The van der Waals surface area contributed by atoms with Crippen molar-refractivity contribution in [3.63, 3.8) is 0 Å². The van der Waals surface area contributed by atoms with E-state index in [2.05, 4.69) is 27.0 Å². The Kier molecular flexibility index (Phi) is 5.79. The molecule has 0 aliphatic carbocycles. The Labute approximate surface area is 187 Å². The van der Waals surface area contributed by atoms with Gasteiger partial charge in [-0.2, -0.15) is 0 Å². The van der Waals surface area contributed by atoms with Crippen molar-refractivity contribution in [1.82, 2.24) is 4.90 Å². The molecule has 2 aliphatic rings. The maximum Gasteiger partial charge on any atom is 0.365 e. The highest BCUT2D eigenvalue weighted by Crippen LogP contribution is 2.25. The van der Waals surface area contributed by atoms with Gasteiger partial charge in [0, 0.05) is 37.6 Å². The zero-order valence-corrected chi connectivity index (χ0v) is 17.9. The van der Waals surface area contributed by atoms with Crippen molar-refractivity contribution in [2.45, 2.75) is 12.8 Å². The number of carbonyl (C=O) groups excluding carboxylic acids is 1. The predicted molar refractivity (Wildman–Crippen MR) is 128 cm³/mol. The zero-order valence-electron chi connectivity index (χ0n) is 17.9. The topological polar surface area (TPSA) is 54.3 Å². The van der Waals surface area contributed by atoms with E-state index in [-0.39, 0.29) is 5.97 Å². The van der Waals surface area contributed by atoms with Crippen LogP contribution in [0.3, 0.4) is 0 Å². The number of hydrogen-bond acceptors (Lipinski definition) is 5. The van der Waals surface area contributed by atoms with Crippen LogP contribution in [0.2, 0.25) is 0 Å². The number of rotatable bonds is 5. The standard InChI is InChI=1S/C27H25N3O2/c31-27-25(29-26(32-27)24-12-6-10-22-9-4-5-11-23(22)24)19-30-15-13-21(14-16-30)18-28-17-20-7-2-1-3-8-20/h1-12,17,19,21H,13-16,18H2/b25-19-,28-17?. The largest absolute Gasteiger partial charge is 0.402 e. The lowest BCUT2D eigenvalue weighted by Crippen LogP contribution is -2.31. The van der Waals surface area contributed by atoms with E-state index in [1.165, 1.54) is 0 Å². The normalized spacial score (nSPS) is 18.5. The molecule has 0 amide bonds. The van der Waals surface area contributed by atoms with Crippen LogP contribution in [0, 0.1) is 5.92 Å². The molecule has 1 fully saturated rings. The quantitative estimate of drug-likeness (QED) is 0.336. The van der Waals surface area contributed by atoms with Gasteiger partial charge in [-0.3, -0.25) is 4.99 Å². The van der Waals surface area contributed by atoms with E-state index in [1.807, 2.05) is 73.1 Å². The van der Waals surface area contributed by atoms with Crippen LogP contribution in [0.15, 0.2) is 94.7 Å². The van der Waals surface area contributed by atoms with Gasteiger partial charge in [0.1, 0.15) is 0 Å². The number of fused-ring (bicyclic) bond motifs is 1. The Morgan fingerprint density at radius 2 is 1.72 bits per heavy atom. The van der Waals surface area contributed by atoms with Crippen LogP contribution in [-0.2, 0) is 9.53 Å². The van der Waals surface area contributed by atoms with Crippen molar-refractivity contribution in [1.29, 1.82) is 0 Å². The lowest BCUT2D eigenvalue weighted by Gasteiger charge is -2.30. The Hall–Kier alpha value is -3.73. The molecule has 2 aliphatic heterocycles. The van der Waals surface area contributed by atoms with E-state index in [1.54, 1.807) is 0 Å². The SMILES string of the molecule is O=C1OC(c2cccc3ccccc23)=N/C1=C\N1CCC(CN=Cc2ccccc2)CC1. The second kappa shape index (κ2) is 9.18. The molecule has 0 saturated carbocycles. The van der Waals surface area contributed by atoms with E-state index in [0.717, 1.165) is 54.4 Å². The van der Waals surface area contributed by atoms with Gasteiger partial charge in [-0.1, -0.05) is 66.7 Å². The lowest BCUT2D eigenvalue weighted by atomic mass is 9.97. The molecule has 0 aromatic heterocycles. The first-order chi connectivity index (χ1) is 15.8. The van der Waals surface area contributed by atoms with Crippen molar-refractivity contribution in [2.75, 3.05) is 19.6 Å². The predicted octanol–water partition coefficient (Wildman–Crippen LogP) is 4.82. The molecular formula is C27H25N3O2. The van der Waals surface area contributed by atoms with Crippen molar-refractivity contribution in [2.24, 2.45) is 15.9 Å². The monoisotopic (exact) mass is 423 g/mol. The summed E-state index contributed by atoms with van der Waals surface area (Å²) in [5.74, 6) is 0.556. The molecule has 5 nitrogen and oxygen atoms in total. The minimum Gasteiger partial charge on any atom is -0.402 e. The summed E-state index contributed by atoms with van der Waals surface area (Å²) in [4.78, 5) is 23.8. The average Bonchev–Trinajstić information content (AvgIpc) is 3.20. The second-order valence-electron chi connectivity index (χ2n) is 8.23. The van der Waals surface area contributed by atoms with Gasteiger partial charge in [0.15, 0.2) is 5.70 Å². The first-order valence-corrected chi connectivity index (χ1v) is 11.1. The van der Waals surface area contributed by atoms with Gasteiger partial charge in [-0.15, -0.1) is 0 Å². The molecule has 0 N–H and O–H groups in total. The summed E-state index contributed by atoms with van der Waals surface area (Å²) in [7, 11) is 0. The van der Waals surface area contributed by atoms with Gasteiger partial charge in [0.05, 0.1) is 0 Å². The van der Waals surface area contributed by atoms with E-state index in [4.69, 9.17) is 4.74 Å². The molecule has 5 rings (SSSR count). The van der Waals surface area contributed by atoms with Crippen molar-refractivity contribution >= 4 is 28.9 Å². The number of likely N-dealkylation sites (tertiary alicyclic amines) is 1. The lowest BCUT2D eigenvalue weighted by molar-refractivity contribution is -0.130. The number of piperidine rings is 1. The first-order valence-electron chi connectivity index (χ1n) is 11.1. The molecule has 3 aromatic carbocycles. The van der Waals surface area contributed by atoms with E-state index in [9.17, 15) is 4.79 Å². The number of cyclic esters (lactones) is 1. The molecule has 32 heavy (non-hydrogen) atoms. The number of ether oxygens (including phenoxy) is 1. The van der Waals surface area contributed by atoms with Gasteiger partial charge >= 0.3 is 5.97 Å². The first kappa shape index (κ1) is 20.2. The molecule has 0 spiro atoms. The highest BCUT2D eigenvalue weighted by atomic mass is 16.6. The molecule has 0 unspecified atom stereocenters. The Bertz CT molecular complexity index is 1200. The van der Waals surface area contributed by atoms with E-state index < -0.39 is 0 Å². The third kappa shape index (κ3) is 4.47. The zero-order chi connectivity index (χ0) is 21.8. The number of benzene rings is 3. The van der Waals surface area contributed by atoms with Crippen LogP contribution in [0.25, 0.3) is 10.8 Å². The minimum absolute atomic E-state index is 0.369.